The third-order valence-corrected chi connectivity index (χ3v) is 4.27. The van der Waals surface area contributed by atoms with E-state index in [1.54, 1.807) is 13.8 Å². The first-order chi connectivity index (χ1) is 13.7. The Balaban J connectivity index is 1.77. The van der Waals surface area contributed by atoms with Crippen LogP contribution in [0.5, 0.6) is 34.5 Å². The molecule has 0 saturated heterocycles. The Labute approximate surface area is 165 Å². The van der Waals surface area contributed by atoms with E-state index < -0.39 is 35.5 Å². The monoisotopic (exact) mass is 404 g/mol. The molecule has 154 valence electrons. The van der Waals surface area contributed by atoms with Crippen molar-refractivity contribution < 1.29 is 44.2 Å². The molecule has 1 atom stereocenters. The molecule has 0 bridgehead atoms. The highest BCUT2D eigenvalue weighted by Gasteiger charge is 2.28. The van der Waals surface area contributed by atoms with Crippen LogP contribution in [0.2, 0.25) is 0 Å². The molecule has 0 fully saturated rings. The van der Waals surface area contributed by atoms with Crippen molar-refractivity contribution in [1.29, 1.82) is 0 Å². The smallest absolute Gasteiger partial charge is 0.338 e. The summed E-state index contributed by atoms with van der Waals surface area (Å²) in [5, 5.41) is 39.2. The van der Waals surface area contributed by atoms with E-state index in [2.05, 4.69) is 0 Å². The molecule has 4 N–H and O–H groups in total. The zero-order chi connectivity index (χ0) is 21.3. The minimum Gasteiger partial charge on any atom is -0.508 e. The Bertz CT molecular complexity index is 965. The minimum absolute atomic E-state index is 0.0130. The lowest BCUT2D eigenvalue weighted by atomic mass is 10.0. The van der Waals surface area contributed by atoms with Gasteiger partial charge in [0.25, 0.3) is 0 Å². The Hall–Kier alpha value is -3.62. The molecular formula is C20H20O9. The third-order valence-electron chi connectivity index (χ3n) is 4.27. The zero-order valence-corrected chi connectivity index (χ0v) is 15.7. The Kier molecular flexibility index (Phi) is 5.40. The molecule has 2 aromatic carbocycles. The lowest BCUT2D eigenvalue weighted by molar-refractivity contribution is -0.137. The topological polar surface area (TPSA) is 143 Å². The number of esters is 2. The predicted octanol–water partition coefficient (Wildman–Crippen LogP) is 2.23. The van der Waals surface area contributed by atoms with Crippen LogP contribution in [0.3, 0.4) is 0 Å². The van der Waals surface area contributed by atoms with Crippen molar-refractivity contribution in [2.24, 2.45) is 5.92 Å². The standard InChI is InChI=1S/C20H20O9/c1-9(2)19(25)29-17-4-10(3-15(23)18(17)24)20(26)28-12-7-13-14(22)5-11(21)6-16(13)27-8-12/h3-6,9,12,21-24H,7-8H2,1-2H3/t12-/m1/s1. The Morgan fingerprint density at radius 3 is 2.48 bits per heavy atom. The van der Waals surface area contributed by atoms with Gasteiger partial charge in [0, 0.05) is 24.1 Å². The van der Waals surface area contributed by atoms with Gasteiger partial charge in [-0.15, -0.1) is 0 Å². The van der Waals surface area contributed by atoms with Gasteiger partial charge in [0.15, 0.2) is 11.5 Å². The summed E-state index contributed by atoms with van der Waals surface area (Å²) in [4.78, 5) is 24.2. The third kappa shape index (κ3) is 4.29. The van der Waals surface area contributed by atoms with Crippen molar-refractivity contribution in [3.8, 4) is 34.5 Å². The van der Waals surface area contributed by atoms with E-state index in [0.29, 0.717) is 11.3 Å². The molecule has 1 aliphatic rings. The summed E-state index contributed by atoms with van der Waals surface area (Å²) in [5.41, 5.74) is 0.236. The first-order valence-corrected chi connectivity index (χ1v) is 8.82. The average molecular weight is 404 g/mol. The fourth-order valence-corrected chi connectivity index (χ4v) is 2.73. The van der Waals surface area contributed by atoms with E-state index in [-0.39, 0.29) is 35.8 Å². The second-order valence-corrected chi connectivity index (χ2v) is 6.90. The fraction of sp³-hybridized carbons (Fsp3) is 0.300. The van der Waals surface area contributed by atoms with Crippen molar-refractivity contribution in [2.75, 3.05) is 6.61 Å². The molecule has 0 radical (unpaired) electrons. The number of benzene rings is 2. The summed E-state index contributed by atoms with van der Waals surface area (Å²) in [6.07, 6.45) is -0.602. The van der Waals surface area contributed by atoms with Gasteiger partial charge in [0.05, 0.1) is 11.5 Å². The van der Waals surface area contributed by atoms with E-state index in [9.17, 15) is 30.0 Å². The van der Waals surface area contributed by atoms with Gasteiger partial charge in [-0.3, -0.25) is 4.79 Å². The van der Waals surface area contributed by atoms with E-state index in [1.807, 2.05) is 0 Å². The van der Waals surface area contributed by atoms with Crippen LogP contribution < -0.4 is 9.47 Å². The lowest BCUT2D eigenvalue weighted by Gasteiger charge is -2.26. The average Bonchev–Trinajstić information content (AvgIpc) is 2.65. The maximum absolute atomic E-state index is 12.5. The molecule has 1 heterocycles. The van der Waals surface area contributed by atoms with Crippen LogP contribution in [0, 0.1) is 5.92 Å². The van der Waals surface area contributed by atoms with E-state index in [4.69, 9.17) is 14.2 Å². The molecule has 9 heteroatoms. The molecule has 3 rings (SSSR count). The summed E-state index contributed by atoms with van der Waals surface area (Å²) in [5.74, 6) is -3.73. The van der Waals surface area contributed by atoms with Crippen molar-refractivity contribution in [2.45, 2.75) is 26.4 Å². The molecule has 1 aliphatic heterocycles. The fourth-order valence-electron chi connectivity index (χ4n) is 2.73. The van der Waals surface area contributed by atoms with Crippen LogP contribution in [0.4, 0.5) is 0 Å². The zero-order valence-electron chi connectivity index (χ0n) is 15.7. The molecule has 2 aromatic rings. The van der Waals surface area contributed by atoms with Crippen LogP contribution in [-0.2, 0) is 16.0 Å². The lowest BCUT2D eigenvalue weighted by Crippen LogP contribution is -2.31. The van der Waals surface area contributed by atoms with Gasteiger partial charge >= 0.3 is 11.9 Å². The summed E-state index contributed by atoms with van der Waals surface area (Å²) in [6, 6.07) is 4.57. The largest absolute Gasteiger partial charge is 0.508 e. The van der Waals surface area contributed by atoms with Crippen molar-refractivity contribution in [3.63, 3.8) is 0 Å². The number of carbonyl (C=O) groups is 2. The van der Waals surface area contributed by atoms with Crippen LogP contribution in [0.1, 0.15) is 29.8 Å². The molecular weight excluding hydrogens is 384 g/mol. The summed E-state index contributed by atoms with van der Waals surface area (Å²) in [7, 11) is 0. The highest BCUT2D eigenvalue weighted by molar-refractivity contribution is 5.91. The number of aromatic hydroxyl groups is 4. The molecule has 0 aliphatic carbocycles. The molecule has 0 aromatic heterocycles. The highest BCUT2D eigenvalue weighted by atomic mass is 16.6. The molecule has 0 spiro atoms. The molecule has 29 heavy (non-hydrogen) atoms. The van der Waals surface area contributed by atoms with Gasteiger partial charge in [-0.2, -0.15) is 0 Å². The van der Waals surface area contributed by atoms with E-state index in [1.165, 1.54) is 6.07 Å². The van der Waals surface area contributed by atoms with Crippen molar-refractivity contribution >= 4 is 11.9 Å². The Morgan fingerprint density at radius 2 is 1.79 bits per heavy atom. The van der Waals surface area contributed by atoms with Gasteiger partial charge in [0.1, 0.15) is 30.0 Å². The van der Waals surface area contributed by atoms with Crippen molar-refractivity contribution in [3.05, 3.63) is 35.4 Å². The first-order valence-electron chi connectivity index (χ1n) is 8.82. The molecule has 0 unspecified atom stereocenters. The number of rotatable bonds is 4. The molecule has 0 amide bonds. The van der Waals surface area contributed by atoms with Gasteiger partial charge < -0.3 is 34.6 Å². The van der Waals surface area contributed by atoms with Crippen LogP contribution in [-0.4, -0.2) is 45.1 Å². The predicted molar refractivity (Wildman–Crippen MR) is 98.4 cm³/mol. The maximum Gasteiger partial charge on any atom is 0.338 e. The summed E-state index contributed by atoms with van der Waals surface area (Å²) >= 11 is 0. The summed E-state index contributed by atoms with van der Waals surface area (Å²) < 4.78 is 15.8. The normalized spacial score (nSPS) is 15.3. The van der Waals surface area contributed by atoms with Gasteiger partial charge in [0.2, 0.25) is 5.75 Å². The molecule has 0 saturated carbocycles. The van der Waals surface area contributed by atoms with Crippen molar-refractivity contribution in [1.82, 2.24) is 0 Å². The quantitative estimate of drug-likeness (QED) is 0.343. The number of hydrogen-bond acceptors (Lipinski definition) is 9. The summed E-state index contributed by atoms with van der Waals surface area (Å²) in [6.45, 7) is 3.17. The number of phenols is 4. The van der Waals surface area contributed by atoms with E-state index in [0.717, 1.165) is 18.2 Å². The number of ether oxygens (including phenoxy) is 3. The number of phenolic OH excluding ortho intramolecular Hbond substituents is 4. The number of fused-ring (bicyclic) bond motifs is 1. The number of carbonyl (C=O) groups excluding carboxylic acids is 2. The maximum atomic E-state index is 12.5. The number of hydrogen-bond donors (Lipinski definition) is 4. The molecule has 9 nitrogen and oxygen atoms in total. The van der Waals surface area contributed by atoms with Crippen LogP contribution >= 0.6 is 0 Å². The van der Waals surface area contributed by atoms with Crippen LogP contribution in [0.25, 0.3) is 0 Å². The highest BCUT2D eigenvalue weighted by Crippen LogP contribution is 2.39. The minimum atomic E-state index is -0.850. The van der Waals surface area contributed by atoms with Gasteiger partial charge in [-0.1, -0.05) is 13.8 Å². The Morgan fingerprint density at radius 1 is 1.07 bits per heavy atom. The first kappa shape index (κ1) is 20.1. The second-order valence-electron chi connectivity index (χ2n) is 6.90. The second kappa shape index (κ2) is 7.78. The van der Waals surface area contributed by atoms with Gasteiger partial charge in [-0.25, -0.2) is 4.79 Å². The van der Waals surface area contributed by atoms with Crippen LogP contribution in [0.15, 0.2) is 24.3 Å². The van der Waals surface area contributed by atoms with E-state index >= 15 is 0 Å². The van der Waals surface area contributed by atoms with Gasteiger partial charge in [-0.05, 0) is 12.1 Å². The SMILES string of the molecule is CC(C)C(=O)Oc1cc(C(=O)O[C@H]2COc3cc(O)cc(O)c3C2)cc(O)c1O.